The van der Waals surface area contributed by atoms with Gasteiger partial charge in [0.2, 0.25) is 5.95 Å². The van der Waals surface area contributed by atoms with Crippen LogP contribution in [-0.4, -0.2) is 38.4 Å². The van der Waals surface area contributed by atoms with Crippen LogP contribution in [0.25, 0.3) is 33.4 Å². The normalized spacial score (nSPS) is 10.7. The molecule has 0 spiro atoms. The summed E-state index contributed by atoms with van der Waals surface area (Å²) >= 11 is 0. The number of imidazole rings is 1. The third-order valence-corrected chi connectivity index (χ3v) is 4.48. The molecule has 0 radical (unpaired) electrons. The fourth-order valence-corrected chi connectivity index (χ4v) is 3.10. The summed E-state index contributed by atoms with van der Waals surface area (Å²) in [6, 6.07) is 13.1. The Morgan fingerprint density at radius 3 is 2.63 bits per heavy atom. The van der Waals surface area contributed by atoms with Crippen LogP contribution in [0, 0.1) is 0 Å². The molecule has 1 amide bonds. The second kappa shape index (κ2) is 8.12. The first-order valence-electron chi connectivity index (χ1n) is 9.41. The Labute approximate surface area is 172 Å². The molecule has 0 saturated heterocycles. The van der Waals surface area contributed by atoms with Crippen LogP contribution in [0.4, 0.5) is 10.7 Å². The number of Topliss-reactive ketones (excluding diaryl/α,β-unsaturated/α-hetero) is 1. The Morgan fingerprint density at radius 2 is 1.97 bits per heavy atom. The number of rotatable bonds is 5. The zero-order valence-electron chi connectivity index (χ0n) is 16.5. The average molecular weight is 401 g/mol. The van der Waals surface area contributed by atoms with E-state index in [0.717, 1.165) is 27.9 Å². The first kappa shape index (κ1) is 19.3. The monoisotopic (exact) mass is 401 g/mol. The highest BCUT2D eigenvalue weighted by molar-refractivity contribution is 5.97. The first-order chi connectivity index (χ1) is 14.5. The molecule has 0 saturated carbocycles. The molecule has 0 bridgehead atoms. The van der Waals surface area contributed by atoms with Crippen molar-refractivity contribution in [2.75, 3.05) is 11.9 Å². The molecule has 1 aromatic carbocycles. The zero-order valence-corrected chi connectivity index (χ0v) is 16.5. The van der Waals surface area contributed by atoms with Gasteiger partial charge in [-0.05, 0) is 42.8 Å². The van der Waals surface area contributed by atoms with Crippen molar-refractivity contribution in [1.82, 2.24) is 19.9 Å². The maximum Gasteiger partial charge on any atom is 0.413 e. The SMILES string of the molecule is CCOC(=O)Nc1nc2c(-c3ccccn3)cc(-c3ccc(C(C)=O)nc3)cc2[nH]1. The van der Waals surface area contributed by atoms with Crippen molar-refractivity contribution in [3.63, 3.8) is 0 Å². The third kappa shape index (κ3) is 3.88. The van der Waals surface area contributed by atoms with Crippen LogP contribution in [0.2, 0.25) is 0 Å². The molecule has 8 nitrogen and oxygen atoms in total. The number of pyridine rings is 2. The summed E-state index contributed by atoms with van der Waals surface area (Å²) in [5, 5.41) is 2.59. The summed E-state index contributed by atoms with van der Waals surface area (Å²) in [5.41, 5.74) is 5.05. The lowest BCUT2D eigenvalue weighted by molar-refractivity contribution is 0.101. The van der Waals surface area contributed by atoms with E-state index in [1.807, 2.05) is 36.4 Å². The zero-order chi connectivity index (χ0) is 21.1. The number of hydrogen-bond acceptors (Lipinski definition) is 6. The number of benzene rings is 1. The molecular weight excluding hydrogens is 382 g/mol. The highest BCUT2D eigenvalue weighted by Gasteiger charge is 2.15. The van der Waals surface area contributed by atoms with E-state index >= 15 is 0 Å². The van der Waals surface area contributed by atoms with Gasteiger partial charge in [0.1, 0.15) is 5.69 Å². The summed E-state index contributed by atoms with van der Waals surface area (Å²) in [6.45, 7) is 3.48. The van der Waals surface area contributed by atoms with Crippen LogP contribution in [0.5, 0.6) is 0 Å². The second-order valence-electron chi connectivity index (χ2n) is 6.55. The van der Waals surface area contributed by atoms with Gasteiger partial charge in [0.05, 0.1) is 23.3 Å². The van der Waals surface area contributed by atoms with Gasteiger partial charge in [0.15, 0.2) is 5.78 Å². The van der Waals surface area contributed by atoms with E-state index in [2.05, 4.69) is 25.3 Å². The molecule has 4 rings (SSSR count). The standard InChI is InChI=1S/C22H19N5O3/c1-3-30-22(29)27-21-25-19-11-15(14-7-8-17(13(2)28)24-12-14)10-16(20(19)26-21)18-6-4-5-9-23-18/h4-12H,3H2,1-2H3,(H2,25,26,27,29). The summed E-state index contributed by atoms with van der Waals surface area (Å²) < 4.78 is 4.92. The summed E-state index contributed by atoms with van der Waals surface area (Å²) in [5.74, 6) is 0.192. The third-order valence-electron chi connectivity index (χ3n) is 4.48. The fourth-order valence-electron chi connectivity index (χ4n) is 3.10. The van der Waals surface area contributed by atoms with Crippen molar-refractivity contribution in [2.45, 2.75) is 13.8 Å². The van der Waals surface area contributed by atoms with Gasteiger partial charge in [0.25, 0.3) is 0 Å². The van der Waals surface area contributed by atoms with Gasteiger partial charge in [-0.3, -0.25) is 20.1 Å². The topological polar surface area (TPSA) is 110 Å². The minimum absolute atomic E-state index is 0.0885. The van der Waals surface area contributed by atoms with E-state index in [1.54, 1.807) is 25.4 Å². The van der Waals surface area contributed by atoms with Crippen molar-refractivity contribution < 1.29 is 14.3 Å². The quantitative estimate of drug-likeness (QED) is 0.478. The Bertz CT molecular complexity index is 1220. The minimum Gasteiger partial charge on any atom is -0.450 e. The van der Waals surface area contributed by atoms with Gasteiger partial charge in [-0.1, -0.05) is 12.1 Å². The van der Waals surface area contributed by atoms with Crippen LogP contribution in [0.1, 0.15) is 24.3 Å². The number of aromatic nitrogens is 4. The molecule has 0 aliphatic carbocycles. The van der Waals surface area contributed by atoms with Crippen LogP contribution in [0.15, 0.2) is 54.9 Å². The fraction of sp³-hybridized carbons (Fsp3) is 0.136. The lowest BCUT2D eigenvalue weighted by Crippen LogP contribution is -2.14. The van der Waals surface area contributed by atoms with Gasteiger partial charge in [-0.15, -0.1) is 0 Å². The highest BCUT2D eigenvalue weighted by atomic mass is 16.5. The van der Waals surface area contributed by atoms with E-state index < -0.39 is 6.09 Å². The molecule has 150 valence electrons. The molecule has 30 heavy (non-hydrogen) atoms. The van der Waals surface area contributed by atoms with E-state index in [-0.39, 0.29) is 18.3 Å². The molecule has 0 unspecified atom stereocenters. The average Bonchev–Trinajstić information content (AvgIpc) is 3.16. The smallest absolute Gasteiger partial charge is 0.413 e. The van der Waals surface area contributed by atoms with Crippen LogP contribution in [0.3, 0.4) is 0 Å². The van der Waals surface area contributed by atoms with Crippen molar-refractivity contribution in [2.24, 2.45) is 0 Å². The Morgan fingerprint density at radius 1 is 1.10 bits per heavy atom. The number of fused-ring (bicyclic) bond motifs is 1. The minimum atomic E-state index is -0.583. The molecule has 0 aliphatic rings. The van der Waals surface area contributed by atoms with Crippen LogP contribution in [-0.2, 0) is 4.74 Å². The number of carbonyl (C=O) groups excluding carboxylic acids is 2. The number of ketones is 1. The van der Waals surface area contributed by atoms with Crippen molar-refractivity contribution in [3.8, 4) is 22.4 Å². The number of anilines is 1. The molecule has 0 fully saturated rings. The predicted octanol–water partition coefficient (Wildman–Crippen LogP) is 4.46. The maximum absolute atomic E-state index is 11.8. The van der Waals surface area contributed by atoms with Gasteiger partial charge >= 0.3 is 6.09 Å². The van der Waals surface area contributed by atoms with E-state index in [9.17, 15) is 9.59 Å². The Balaban J connectivity index is 1.83. The number of hydrogen-bond donors (Lipinski definition) is 2. The largest absolute Gasteiger partial charge is 0.450 e. The number of amides is 1. The van der Waals surface area contributed by atoms with Gasteiger partial charge < -0.3 is 9.72 Å². The van der Waals surface area contributed by atoms with E-state index in [0.29, 0.717) is 11.2 Å². The summed E-state index contributed by atoms with van der Waals surface area (Å²) in [4.78, 5) is 39.6. The number of ether oxygens (including phenoxy) is 1. The molecule has 0 aliphatic heterocycles. The molecule has 3 heterocycles. The molecule has 2 N–H and O–H groups in total. The van der Waals surface area contributed by atoms with Crippen molar-refractivity contribution in [3.05, 3.63) is 60.6 Å². The number of nitrogens with zero attached hydrogens (tertiary/aromatic N) is 3. The molecule has 8 heteroatoms. The van der Waals surface area contributed by atoms with Gasteiger partial charge in [-0.25, -0.2) is 9.78 Å². The van der Waals surface area contributed by atoms with Crippen LogP contribution >= 0.6 is 0 Å². The van der Waals surface area contributed by atoms with Crippen molar-refractivity contribution in [1.29, 1.82) is 0 Å². The number of aromatic amines is 1. The van der Waals surface area contributed by atoms with E-state index in [1.165, 1.54) is 6.92 Å². The summed E-state index contributed by atoms with van der Waals surface area (Å²) in [7, 11) is 0. The number of carbonyl (C=O) groups is 2. The van der Waals surface area contributed by atoms with Crippen LogP contribution < -0.4 is 5.32 Å². The Kier molecular flexibility index (Phi) is 5.21. The lowest BCUT2D eigenvalue weighted by atomic mass is 10.0. The van der Waals surface area contributed by atoms with Crippen molar-refractivity contribution >= 4 is 28.9 Å². The first-order valence-corrected chi connectivity index (χ1v) is 9.41. The number of H-pyrrole nitrogens is 1. The molecule has 4 aromatic rings. The highest BCUT2D eigenvalue weighted by Crippen LogP contribution is 2.32. The van der Waals surface area contributed by atoms with Gasteiger partial charge in [-0.2, -0.15) is 0 Å². The number of nitrogens with one attached hydrogen (secondary N) is 2. The molecule has 0 atom stereocenters. The van der Waals surface area contributed by atoms with Gasteiger partial charge in [0, 0.05) is 30.4 Å². The lowest BCUT2D eigenvalue weighted by Gasteiger charge is -2.07. The molecule has 3 aromatic heterocycles. The summed E-state index contributed by atoms with van der Waals surface area (Å²) in [6.07, 6.45) is 2.79. The van der Waals surface area contributed by atoms with E-state index in [4.69, 9.17) is 4.74 Å². The maximum atomic E-state index is 11.8. The second-order valence-corrected chi connectivity index (χ2v) is 6.55. The predicted molar refractivity (Wildman–Crippen MR) is 113 cm³/mol. The molecular formula is C22H19N5O3. The Hall–Kier alpha value is -4.07.